The molecule has 0 aliphatic rings. The zero-order chi connectivity index (χ0) is 10.8. The highest BCUT2D eigenvalue weighted by molar-refractivity contribution is 5.80. The smallest absolute Gasteiger partial charge is 0.137 e. The second-order valence-electron chi connectivity index (χ2n) is 4.37. The van der Waals surface area contributed by atoms with Gasteiger partial charge in [0, 0.05) is 11.4 Å². The highest BCUT2D eigenvalue weighted by Gasteiger charge is 2.11. The highest BCUT2D eigenvalue weighted by atomic mass is 16.3. The summed E-state index contributed by atoms with van der Waals surface area (Å²) < 4.78 is 5.47. The van der Waals surface area contributed by atoms with Crippen molar-refractivity contribution in [3.8, 4) is 0 Å². The average molecular weight is 203 g/mol. The maximum Gasteiger partial charge on any atom is 0.137 e. The first-order valence-electron chi connectivity index (χ1n) is 5.39. The fraction of sp³-hybridized carbons (Fsp3) is 0.385. The lowest BCUT2D eigenvalue weighted by molar-refractivity contribution is 0.488. The molecular formula is C13H17NO. The van der Waals surface area contributed by atoms with Gasteiger partial charge in [0.25, 0.3) is 0 Å². The zero-order valence-electron chi connectivity index (χ0n) is 9.23. The number of para-hydroxylation sites is 1. The molecule has 2 N–H and O–H groups in total. The molecule has 0 fully saturated rings. The third-order valence-corrected chi connectivity index (χ3v) is 2.87. The number of rotatable bonds is 3. The zero-order valence-corrected chi connectivity index (χ0v) is 9.23. The number of hydrogen-bond donors (Lipinski definition) is 1. The molecule has 2 rings (SSSR count). The average Bonchev–Trinajstić information content (AvgIpc) is 2.66. The van der Waals surface area contributed by atoms with Crippen LogP contribution in [0.2, 0.25) is 0 Å². The van der Waals surface area contributed by atoms with Crippen LogP contribution in [0.25, 0.3) is 11.0 Å². The van der Waals surface area contributed by atoms with Gasteiger partial charge in [0.05, 0.1) is 6.26 Å². The molecule has 2 heteroatoms. The van der Waals surface area contributed by atoms with E-state index >= 15 is 0 Å². The summed E-state index contributed by atoms with van der Waals surface area (Å²) in [5.74, 6) is 0.496. The third-order valence-electron chi connectivity index (χ3n) is 2.87. The lowest BCUT2D eigenvalue weighted by Gasteiger charge is -2.15. The summed E-state index contributed by atoms with van der Waals surface area (Å²) >= 11 is 0. The van der Waals surface area contributed by atoms with E-state index in [4.69, 9.17) is 10.2 Å². The summed E-state index contributed by atoms with van der Waals surface area (Å²) in [6.45, 7) is 4.29. The summed E-state index contributed by atoms with van der Waals surface area (Å²) in [5.41, 5.74) is 8.25. The molecule has 0 spiro atoms. The van der Waals surface area contributed by atoms with Gasteiger partial charge in [-0.3, -0.25) is 0 Å². The van der Waals surface area contributed by atoms with Crippen LogP contribution in [-0.2, 0) is 6.42 Å². The SMILES string of the molecule is CC(C)C(N)Cc1cccc2ccoc12. The van der Waals surface area contributed by atoms with E-state index in [1.54, 1.807) is 6.26 Å². The van der Waals surface area contributed by atoms with Gasteiger partial charge in [-0.15, -0.1) is 0 Å². The summed E-state index contributed by atoms with van der Waals surface area (Å²) in [6.07, 6.45) is 2.61. The monoisotopic (exact) mass is 203 g/mol. The maximum atomic E-state index is 6.07. The molecular weight excluding hydrogens is 186 g/mol. The molecule has 0 aliphatic heterocycles. The molecule has 15 heavy (non-hydrogen) atoms. The lowest BCUT2D eigenvalue weighted by atomic mass is 9.96. The van der Waals surface area contributed by atoms with Gasteiger partial charge in [-0.2, -0.15) is 0 Å². The molecule has 1 aromatic heterocycles. The van der Waals surface area contributed by atoms with Gasteiger partial charge in [-0.05, 0) is 24.0 Å². The highest BCUT2D eigenvalue weighted by Crippen LogP contribution is 2.21. The van der Waals surface area contributed by atoms with Crippen molar-refractivity contribution in [3.63, 3.8) is 0 Å². The van der Waals surface area contributed by atoms with Crippen molar-refractivity contribution in [1.82, 2.24) is 0 Å². The largest absolute Gasteiger partial charge is 0.464 e. The molecule has 0 bridgehead atoms. The van der Waals surface area contributed by atoms with E-state index in [0.717, 1.165) is 17.4 Å². The van der Waals surface area contributed by atoms with Gasteiger partial charge in [0.1, 0.15) is 5.58 Å². The van der Waals surface area contributed by atoms with Gasteiger partial charge in [0.15, 0.2) is 0 Å². The molecule has 0 saturated heterocycles. The van der Waals surface area contributed by atoms with Crippen LogP contribution in [0.15, 0.2) is 34.9 Å². The maximum absolute atomic E-state index is 6.07. The predicted molar refractivity (Wildman–Crippen MR) is 62.7 cm³/mol. The number of nitrogens with two attached hydrogens (primary N) is 1. The standard InChI is InChI=1S/C13H17NO/c1-9(2)12(14)8-11-5-3-4-10-6-7-15-13(10)11/h3-7,9,12H,8,14H2,1-2H3. The van der Waals surface area contributed by atoms with E-state index in [2.05, 4.69) is 32.0 Å². The van der Waals surface area contributed by atoms with Crippen molar-refractivity contribution < 1.29 is 4.42 Å². The van der Waals surface area contributed by atoms with E-state index in [1.165, 1.54) is 5.56 Å². The van der Waals surface area contributed by atoms with E-state index in [-0.39, 0.29) is 6.04 Å². The van der Waals surface area contributed by atoms with Crippen LogP contribution in [0.1, 0.15) is 19.4 Å². The first kappa shape index (κ1) is 10.2. The molecule has 2 aromatic rings. The van der Waals surface area contributed by atoms with Gasteiger partial charge in [0.2, 0.25) is 0 Å². The van der Waals surface area contributed by atoms with Crippen molar-refractivity contribution in [2.24, 2.45) is 11.7 Å². The molecule has 1 atom stereocenters. The van der Waals surface area contributed by atoms with Crippen LogP contribution in [-0.4, -0.2) is 6.04 Å². The summed E-state index contributed by atoms with van der Waals surface area (Å²) in [6, 6.07) is 8.39. The van der Waals surface area contributed by atoms with Crippen LogP contribution in [0, 0.1) is 5.92 Å². The normalized spacial score (nSPS) is 13.6. The predicted octanol–water partition coefficient (Wildman–Crippen LogP) is 2.96. The molecule has 1 aromatic carbocycles. The second-order valence-corrected chi connectivity index (χ2v) is 4.37. The molecule has 0 radical (unpaired) electrons. The van der Waals surface area contributed by atoms with E-state index in [0.29, 0.717) is 5.92 Å². The van der Waals surface area contributed by atoms with Crippen molar-refractivity contribution in [1.29, 1.82) is 0 Å². The Hall–Kier alpha value is -1.28. The Bertz CT molecular complexity index is 444. The van der Waals surface area contributed by atoms with E-state index in [1.807, 2.05) is 6.07 Å². The van der Waals surface area contributed by atoms with Crippen molar-refractivity contribution in [2.75, 3.05) is 0 Å². The fourth-order valence-electron chi connectivity index (χ4n) is 1.71. The van der Waals surface area contributed by atoms with E-state index < -0.39 is 0 Å². The summed E-state index contributed by atoms with van der Waals surface area (Å²) in [4.78, 5) is 0. The Morgan fingerprint density at radius 3 is 2.80 bits per heavy atom. The lowest BCUT2D eigenvalue weighted by Crippen LogP contribution is -2.28. The fourth-order valence-corrected chi connectivity index (χ4v) is 1.71. The van der Waals surface area contributed by atoms with Crippen LogP contribution < -0.4 is 5.73 Å². The Balaban J connectivity index is 2.31. The Labute approximate surface area is 90.1 Å². The molecule has 80 valence electrons. The quantitative estimate of drug-likeness (QED) is 0.833. The van der Waals surface area contributed by atoms with Gasteiger partial charge in [-0.1, -0.05) is 32.0 Å². The molecule has 1 unspecified atom stereocenters. The minimum atomic E-state index is 0.195. The van der Waals surface area contributed by atoms with Crippen molar-refractivity contribution in [2.45, 2.75) is 26.3 Å². The molecule has 0 aliphatic carbocycles. The third kappa shape index (κ3) is 2.05. The van der Waals surface area contributed by atoms with E-state index in [9.17, 15) is 0 Å². The number of furan rings is 1. The Morgan fingerprint density at radius 1 is 1.27 bits per heavy atom. The van der Waals surface area contributed by atoms with Gasteiger partial charge < -0.3 is 10.2 Å². The molecule has 0 saturated carbocycles. The molecule has 2 nitrogen and oxygen atoms in total. The molecule has 0 amide bonds. The van der Waals surface area contributed by atoms with Crippen molar-refractivity contribution >= 4 is 11.0 Å². The number of fused-ring (bicyclic) bond motifs is 1. The van der Waals surface area contributed by atoms with Crippen LogP contribution in [0.5, 0.6) is 0 Å². The molecule has 1 heterocycles. The first-order chi connectivity index (χ1) is 7.18. The minimum absolute atomic E-state index is 0.195. The minimum Gasteiger partial charge on any atom is -0.464 e. The topological polar surface area (TPSA) is 39.2 Å². The van der Waals surface area contributed by atoms with Crippen LogP contribution in [0.4, 0.5) is 0 Å². The van der Waals surface area contributed by atoms with Gasteiger partial charge >= 0.3 is 0 Å². The first-order valence-corrected chi connectivity index (χ1v) is 5.39. The van der Waals surface area contributed by atoms with Crippen molar-refractivity contribution in [3.05, 3.63) is 36.1 Å². The Morgan fingerprint density at radius 2 is 2.07 bits per heavy atom. The number of hydrogen-bond acceptors (Lipinski definition) is 2. The van der Waals surface area contributed by atoms with Gasteiger partial charge in [-0.25, -0.2) is 0 Å². The summed E-state index contributed by atoms with van der Waals surface area (Å²) in [5, 5.41) is 1.16. The van der Waals surface area contributed by atoms with Crippen LogP contribution >= 0.6 is 0 Å². The Kier molecular flexibility index (Phi) is 2.78. The summed E-state index contributed by atoms with van der Waals surface area (Å²) in [7, 11) is 0. The van der Waals surface area contributed by atoms with Crippen LogP contribution in [0.3, 0.4) is 0 Å². The number of benzene rings is 1. The second kappa shape index (κ2) is 4.07.